The molecule has 0 amide bonds. The summed E-state index contributed by atoms with van der Waals surface area (Å²) in [6, 6.07) is 15.2. The number of rotatable bonds is 6. The largest absolute Gasteiger partial charge is 0.329 e. The van der Waals surface area contributed by atoms with Crippen molar-refractivity contribution in [1.82, 2.24) is 4.90 Å². The lowest BCUT2D eigenvalue weighted by Crippen LogP contribution is -2.28. The van der Waals surface area contributed by atoms with Crippen LogP contribution < -0.4 is 5.73 Å². The Morgan fingerprint density at radius 2 is 1.70 bits per heavy atom. The molecular formula is C16H18BrFN2. The molecule has 2 nitrogen and oxygen atoms in total. The zero-order valence-electron chi connectivity index (χ0n) is 11.2. The fraction of sp³-hybridized carbons (Fsp3) is 0.250. The Kier molecular flexibility index (Phi) is 5.71. The molecule has 0 atom stereocenters. The maximum absolute atomic E-state index is 13.4. The summed E-state index contributed by atoms with van der Waals surface area (Å²) in [6.07, 6.45) is 0. The minimum Gasteiger partial charge on any atom is -0.329 e. The van der Waals surface area contributed by atoms with Gasteiger partial charge in [0, 0.05) is 30.7 Å². The Morgan fingerprint density at radius 3 is 2.35 bits per heavy atom. The lowest BCUT2D eigenvalue weighted by molar-refractivity contribution is 0.264. The summed E-state index contributed by atoms with van der Waals surface area (Å²) >= 11 is 3.33. The van der Waals surface area contributed by atoms with Gasteiger partial charge in [0.25, 0.3) is 0 Å². The van der Waals surface area contributed by atoms with Gasteiger partial charge in [0.1, 0.15) is 5.82 Å². The van der Waals surface area contributed by atoms with Crippen LogP contribution in [0.5, 0.6) is 0 Å². The van der Waals surface area contributed by atoms with E-state index in [0.29, 0.717) is 13.1 Å². The minimum atomic E-state index is -0.221. The third-order valence-electron chi connectivity index (χ3n) is 3.02. The summed E-state index contributed by atoms with van der Waals surface area (Å²) in [7, 11) is 0. The molecule has 0 saturated heterocycles. The summed E-state index contributed by atoms with van der Waals surface area (Å²) in [5.74, 6) is -0.221. The molecule has 0 aliphatic rings. The Labute approximate surface area is 127 Å². The molecular weight excluding hydrogens is 319 g/mol. The van der Waals surface area contributed by atoms with E-state index in [9.17, 15) is 4.39 Å². The average molecular weight is 337 g/mol. The molecule has 0 fully saturated rings. The van der Waals surface area contributed by atoms with Gasteiger partial charge in [-0.3, -0.25) is 4.90 Å². The van der Waals surface area contributed by atoms with E-state index in [1.165, 1.54) is 11.6 Å². The Balaban J connectivity index is 2.08. The first-order valence-electron chi connectivity index (χ1n) is 6.58. The van der Waals surface area contributed by atoms with Gasteiger partial charge in [0.15, 0.2) is 0 Å². The molecule has 2 aromatic rings. The van der Waals surface area contributed by atoms with Gasteiger partial charge < -0.3 is 5.73 Å². The van der Waals surface area contributed by atoms with Crippen LogP contribution >= 0.6 is 15.9 Å². The molecule has 2 rings (SSSR count). The van der Waals surface area contributed by atoms with Crippen molar-refractivity contribution in [3.8, 4) is 0 Å². The summed E-state index contributed by atoms with van der Waals surface area (Å²) in [6.45, 7) is 2.86. The monoisotopic (exact) mass is 336 g/mol. The summed E-state index contributed by atoms with van der Waals surface area (Å²) in [4.78, 5) is 2.22. The fourth-order valence-electron chi connectivity index (χ4n) is 2.20. The molecule has 20 heavy (non-hydrogen) atoms. The normalized spacial score (nSPS) is 11.0. The second-order valence-corrected chi connectivity index (χ2v) is 5.68. The number of hydrogen-bond acceptors (Lipinski definition) is 2. The van der Waals surface area contributed by atoms with Crippen LogP contribution in [0.15, 0.2) is 53.0 Å². The van der Waals surface area contributed by atoms with Gasteiger partial charge >= 0.3 is 0 Å². The van der Waals surface area contributed by atoms with Crippen molar-refractivity contribution in [2.24, 2.45) is 5.73 Å². The quantitative estimate of drug-likeness (QED) is 0.874. The predicted molar refractivity (Wildman–Crippen MR) is 83.7 cm³/mol. The van der Waals surface area contributed by atoms with Gasteiger partial charge in [-0.05, 0) is 29.3 Å². The second-order valence-electron chi connectivity index (χ2n) is 4.76. The lowest BCUT2D eigenvalue weighted by Gasteiger charge is -2.22. The lowest BCUT2D eigenvalue weighted by atomic mass is 10.1. The molecule has 0 unspecified atom stereocenters. The highest BCUT2D eigenvalue weighted by molar-refractivity contribution is 9.10. The summed E-state index contributed by atoms with van der Waals surface area (Å²) in [5.41, 5.74) is 7.85. The molecule has 0 bridgehead atoms. The average Bonchev–Trinajstić information content (AvgIpc) is 2.39. The molecule has 4 heteroatoms. The van der Waals surface area contributed by atoms with E-state index < -0.39 is 0 Å². The van der Waals surface area contributed by atoms with E-state index in [0.717, 1.165) is 23.1 Å². The summed E-state index contributed by atoms with van der Waals surface area (Å²) < 4.78 is 14.2. The molecule has 2 N–H and O–H groups in total. The first-order chi connectivity index (χ1) is 9.67. The maximum atomic E-state index is 13.4. The van der Waals surface area contributed by atoms with Crippen molar-refractivity contribution in [3.63, 3.8) is 0 Å². The van der Waals surface area contributed by atoms with Crippen molar-refractivity contribution in [1.29, 1.82) is 0 Å². The number of benzene rings is 2. The molecule has 0 spiro atoms. The minimum absolute atomic E-state index is 0.221. The number of halogens is 2. The topological polar surface area (TPSA) is 29.3 Å². The molecule has 0 aliphatic carbocycles. The Hall–Kier alpha value is -1.23. The van der Waals surface area contributed by atoms with Crippen LogP contribution in [-0.2, 0) is 13.1 Å². The van der Waals surface area contributed by atoms with E-state index in [1.54, 1.807) is 6.07 Å². The van der Waals surface area contributed by atoms with E-state index in [4.69, 9.17) is 5.73 Å². The third-order valence-corrected chi connectivity index (χ3v) is 3.48. The Bertz CT molecular complexity index is 525. The maximum Gasteiger partial charge on any atom is 0.124 e. The van der Waals surface area contributed by atoms with Crippen molar-refractivity contribution >= 4 is 15.9 Å². The molecule has 0 heterocycles. The SMILES string of the molecule is NCCN(Cc1ccccc1)Cc1cc(F)cc(Br)c1. The highest BCUT2D eigenvalue weighted by Crippen LogP contribution is 2.17. The van der Waals surface area contributed by atoms with Gasteiger partial charge in [0.05, 0.1) is 0 Å². The first-order valence-corrected chi connectivity index (χ1v) is 7.38. The number of hydrogen-bond donors (Lipinski definition) is 1. The van der Waals surface area contributed by atoms with Gasteiger partial charge in [-0.25, -0.2) is 4.39 Å². The van der Waals surface area contributed by atoms with Crippen LogP contribution in [0, 0.1) is 5.82 Å². The van der Waals surface area contributed by atoms with Crippen LogP contribution in [0.3, 0.4) is 0 Å². The third kappa shape index (κ3) is 4.71. The van der Waals surface area contributed by atoms with Gasteiger partial charge in [0.2, 0.25) is 0 Å². The van der Waals surface area contributed by atoms with Crippen molar-refractivity contribution in [2.45, 2.75) is 13.1 Å². The van der Waals surface area contributed by atoms with Crippen LogP contribution in [0.4, 0.5) is 4.39 Å². The van der Waals surface area contributed by atoms with Crippen molar-refractivity contribution in [2.75, 3.05) is 13.1 Å². The molecule has 106 valence electrons. The van der Waals surface area contributed by atoms with Gasteiger partial charge in [-0.15, -0.1) is 0 Å². The highest BCUT2D eigenvalue weighted by Gasteiger charge is 2.08. The second kappa shape index (κ2) is 7.53. The molecule has 2 aromatic carbocycles. The number of nitrogens with two attached hydrogens (primary N) is 1. The zero-order valence-corrected chi connectivity index (χ0v) is 12.8. The first kappa shape index (κ1) is 15.2. The van der Waals surface area contributed by atoms with E-state index >= 15 is 0 Å². The standard InChI is InChI=1S/C16H18BrFN2/c17-15-8-14(9-16(18)10-15)12-20(7-6-19)11-13-4-2-1-3-5-13/h1-5,8-10H,6-7,11-12,19H2. The van der Waals surface area contributed by atoms with Crippen molar-refractivity contribution < 1.29 is 4.39 Å². The van der Waals surface area contributed by atoms with E-state index in [-0.39, 0.29) is 5.82 Å². The van der Waals surface area contributed by atoms with Gasteiger partial charge in [-0.2, -0.15) is 0 Å². The molecule has 0 radical (unpaired) electrons. The Morgan fingerprint density at radius 1 is 1.00 bits per heavy atom. The van der Waals surface area contributed by atoms with Crippen LogP contribution in [0.25, 0.3) is 0 Å². The highest BCUT2D eigenvalue weighted by atomic mass is 79.9. The summed E-state index contributed by atoms with van der Waals surface area (Å²) in [5, 5.41) is 0. The van der Waals surface area contributed by atoms with E-state index in [2.05, 4.69) is 33.0 Å². The fourth-order valence-corrected chi connectivity index (χ4v) is 2.71. The van der Waals surface area contributed by atoms with Crippen LogP contribution in [0.1, 0.15) is 11.1 Å². The van der Waals surface area contributed by atoms with Crippen molar-refractivity contribution in [3.05, 3.63) is 69.9 Å². The van der Waals surface area contributed by atoms with E-state index in [1.807, 2.05) is 24.3 Å². The van der Waals surface area contributed by atoms with Crippen LogP contribution in [0.2, 0.25) is 0 Å². The number of nitrogens with zero attached hydrogens (tertiary/aromatic N) is 1. The zero-order chi connectivity index (χ0) is 14.4. The molecule has 0 saturated carbocycles. The molecule has 0 aromatic heterocycles. The van der Waals surface area contributed by atoms with Crippen LogP contribution in [-0.4, -0.2) is 18.0 Å². The molecule has 0 aliphatic heterocycles. The van der Waals surface area contributed by atoms with Gasteiger partial charge in [-0.1, -0.05) is 46.3 Å². The smallest absolute Gasteiger partial charge is 0.124 e. The predicted octanol–water partition coefficient (Wildman–Crippen LogP) is 3.55.